The van der Waals surface area contributed by atoms with E-state index < -0.39 is 27.5 Å². The summed E-state index contributed by atoms with van der Waals surface area (Å²) in [5, 5.41) is 11.3. The van der Waals surface area contributed by atoms with Crippen LogP contribution in [0.4, 0.5) is 0 Å². The van der Waals surface area contributed by atoms with Crippen LogP contribution < -0.4 is 5.32 Å². The van der Waals surface area contributed by atoms with Gasteiger partial charge in [-0.05, 0) is 40.5 Å². The third-order valence-electron chi connectivity index (χ3n) is 2.41. The first-order valence-corrected chi connectivity index (χ1v) is 8.24. The largest absolute Gasteiger partial charge is 0.478 e. The third kappa shape index (κ3) is 4.31. The van der Waals surface area contributed by atoms with E-state index in [4.69, 9.17) is 5.11 Å². The molecule has 0 saturated heterocycles. The highest BCUT2D eigenvalue weighted by atomic mass is 79.9. The van der Waals surface area contributed by atoms with E-state index in [1.54, 1.807) is 0 Å². The van der Waals surface area contributed by atoms with Gasteiger partial charge in [-0.15, -0.1) is 0 Å². The van der Waals surface area contributed by atoms with Crippen molar-refractivity contribution in [3.8, 4) is 0 Å². The minimum atomic E-state index is -3.90. The standard InChI is InChI=1S/C12H14BrNO5S/c1-2-5-14-11(15)7-20(18,19)10-6-8(12(16)17)3-4-9(10)13/h3-4,6H,2,5,7H2,1H3,(H,14,15)(H,16,17). The second kappa shape index (κ2) is 6.85. The van der Waals surface area contributed by atoms with Crippen molar-refractivity contribution >= 4 is 37.6 Å². The lowest BCUT2D eigenvalue weighted by Crippen LogP contribution is -2.31. The normalized spacial score (nSPS) is 11.1. The number of rotatable bonds is 6. The molecule has 0 aliphatic rings. The number of hydrogen-bond acceptors (Lipinski definition) is 4. The highest BCUT2D eigenvalue weighted by Gasteiger charge is 2.23. The summed E-state index contributed by atoms with van der Waals surface area (Å²) in [6, 6.07) is 3.65. The van der Waals surface area contributed by atoms with Gasteiger partial charge in [0.05, 0.1) is 10.5 Å². The second-order valence-corrected chi connectivity index (χ2v) is 6.87. The highest BCUT2D eigenvalue weighted by Crippen LogP contribution is 2.24. The van der Waals surface area contributed by atoms with Crippen LogP contribution in [-0.2, 0) is 14.6 Å². The fourth-order valence-corrected chi connectivity index (χ4v) is 3.70. The number of carbonyl (C=O) groups excluding carboxylic acids is 1. The Bertz CT molecular complexity index is 627. The van der Waals surface area contributed by atoms with Crippen LogP contribution in [-0.4, -0.2) is 37.7 Å². The number of benzene rings is 1. The minimum Gasteiger partial charge on any atom is -0.478 e. The van der Waals surface area contributed by atoms with Crippen LogP contribution in [0.15, 0.2) is 27.6 Å². The molecule has 0 unspecified atom stereocenters. The molecule has 1 aromatic carbocycles. The quantitative estimate of drug-likeness (QED) is 0.796. The number of aromatic carboxylic acids is 1. The minimum absolute atomic E-state index is 0.152. The topological polar surface area (TPSA) is 101 Å². The van der Waals surface area contributed by atoms with Crippen LogP contribution in [0, 0.1) is 0 Å². The molecule has 0 bridgehead atoms. The van der Waals surface area contributed by atoms with Crippen molar-refractivity contribution in [2.24, 2.45) is 0 Å². The number of sulfone groups is 1. The SMILES string of the molecule is CCCNC(=O)CS(=O)(=O)c1cc(C(=O)O)ccc1Br. The number of carboxylic acid groups (broad SMARTS) is 1. The molecular formula is C12H14BrNO5S. The molecule has 0 radical (unpaired) electrons. The first-order chi connectivity index (χ1) is 9.27. The summed E-state index contributed by atoms with van der Waals surface area (Å²) in [7, 11) is -3.90. The van der Waals surface area contributed by atoms with Crippen molar-refractivity contribution in [3.05, 3.63) is 28.2 Å². The van der Waals surface area contributed by atoms with Gasteiger partial charge in [0.2, 0.25) is 5.91 Å². The maximum atomic E-state index is 12.1. The van der Waals surface area contributed by atoms with Gasteiger partial charge < -0.3 is 10.4 Å². The van der Waals surface area contributed by atoms with Crippen LogP contribution in [0.1, 0.15) is 23.7 Å². The van der Waals surface area contributed by atoms with E-state index in [9.17, 15) is 18.0 Å². The van der Waals surface area contributed by atoms with Crippen molar-refractivity contribution in [2.45, 2.75) is 18.2 Å². The van der Waals surface area contributed by atoms with Crippen molar-refractivity contribution < 1.29 is 23.1 Å². The molecule has 110 valence electrons. The molecule has 0 saturated carbocycles. The number of carbonyl (C=O) groups is 2. The van der Waals surface area contributed by atoms with Crippen molar-refractivity contribution in [2.75, 3.05) is 12.3 Å². The van der Waals surface area contributed by atoms with Crippen LogP contribution in [0.2, 0.25) is 0 Å². The van der Waals surface area contributed by atoms with Gasteiger partial charge in [-0.3, -0.25) is 4.79 Å². The molecule has 1 aromatic rings. The van der Waals surface area contributed by atoms with E-state index in [2.05, 4.69) is 21.2 Å². The first kappa shape index (κ1) is 16.6. The van der Waals surface area contributed by atoms with Crippen LogP contribution >= 0.6 is 15.9 Å². The van der Waals surface area contributed by atoms with Gasteiger partial charge in [0.1, 0.15) is 5.75 Å². The number of carboxylic acids is 1. The summed E-state index contributed by atoms with van der Waals surface area (Å²) in [5.74, 6) is -2.56. The van der Waals surface area contributed by atoms with E-state index in [-0.39, 0.29) is 14.9 Å². The molecule has 1 amide bonds. The molecule has 0 spiro atoms. The fourth-order valence-electron chi connectivity index (χ4n) is 1.44. The Morgan fingerprint density at radius 1 is 1.35 bits per heavy atom. The van der Waals surface area contributed by atoms with Crippen molar-refractivity contribution in [1.29, 1.82) is 0 Å². The van der Waals surface area contributed by atoms with Gasteiger partial charge in [0.15, 0.2) is 9.84 Å². The molecule has 1 rings (SSSR count). The zero-order valence-corrected chi connectivity index (χ0v) is 13.1. The van der Waals surface area contributed by atoms with Gasteiger partial charge in [-0.25, -0.2) is 13.2 Å². The Balaban J connectivity index is 3.06. The number of amides is 1. The van der Waals surface area contributed by atoms with E-state index in [0.29, 0.717) is 13.0 Å². The Kier molecular flexibility index (Phi) is 5.70. The molecule has 0 fully saturated rings. The summed E-state index contributed by atoms with van der Waals surface area (Å²) in [6.45, 7) is 2.24. The Hall–Kier alpha value is -1.41. The zero-order chi connectivity index (χ0) is 15.3. The average molecular weight is 364 g/mol. The molecule has 6 nitrogen and oxygen atoms in total. The van der Waals surface area contributed by atoms with E-state index >= 15 is 0 Å². The predicted octanol–water partition coefficient (Wildman–Crippen LogP) is 1.45. The van der Waals surface area contributed by atoms with Crippen molar-refractivity contribution in [1.82, 2.24) is 5.32 Å². The van der Waals surface area contributed by atoms with Gasteiger partial charge in [-0.1, -0.05) is 6.92 Å². The first-order valence-electron chi connectivity index (χ1n) is 5.80. The fraction of sp³-hybridized carbons (Fsp3) is 0.333. The summed E-state index contributed by atoms with van der Waals surface area (Å²) >= 11 is 3.05. The van der Waals surface area contributed by atoms with E-state index in [1.807, 2.05) is 6.92 Å². The summed E-state index contributed by atoms with van der Waals surface area (Å²) in [4.78, 5) is 22.2. The van der Waals surface area contributed by atoms with Gasteiger partial charge in [0.25, 0.3) is 0 Å². The lowest BCUT2D eigenvalue weighted by Gasteiger charge is -2.08. The maximum absolute atomic E-state index is 12.1. The zero-order valence-electron chi connectivity index (χ0n) is 10.7. The molecular weight excluding hydrogens is 350 g/mol. The van der Waals surface area contributed by atoms with Crippen molar-refractivity contribution in [3.63, 3.8) is 0 Å². The van der Waals surface area contributed by atoms with Gasteiger partial charge in [0, 0.05) is 11.0 Å². The third-order valence-corrected chi connectivity index (χ3v) is 5.01. The Morgan fingerprint density at radius 3 is 2.55 bits per heavy atom. The molecule has 0 aromatic heterocycles. The van der Waals surface area contributed by atoms with Crippen LogP contribution in [0.5, 0.6) is 0 Å². The maximum Gasteiger partial charge on any atom is 0.335 e. The van der Waals surface area contributed by atoms with Crippen LogP contribution in [0.25, 0.3) is 0 Å². The van der Waals surface area contributed by atoms with Gasteiger partial charge in [-0.2, -0.15) is 0 Å². The van der Waals surface area contributed by atoms with Gasteiger partial charge >= 0.3 is 5.97 Å². The average Bonchev–Trinajstić information content (AvgIpc) is 2.35. The molecule has 8 heteroatoms. The van der Waals surface area contributed by atoms with E-state index in [1.165, 1.54) is 12.1 Å². The molecule has 0 aliphatic heterocycles. The van der Waals surface area contributed by atoms with Crippen LogP contribution in [0.3, 0.4) is 0 Å². The molecule has 0 aliphatic carbocycles. The second-order valence-electron chi connectivity index (χ2n) is 4.06. The Morgan fingerprint density at radius 2 is 2.00 bits per heavy atom. The predicted molar refractivity (Wildman–Crippen MR) is 76.5 cm³/mol. The molecule has 0 heterocycles. The van der Waals surface area contributed by atoms with E-state index in [0.717, 1.165) is 6.07 Å². The smallest absolute Gasteiger partial charge is 0.335 e. The Labute approximate surface area is 125 Å². The monoisotopic (exact) mass is 363 g/mol. The molecule has 0 atom stereocenters. The number of hydrogen-bond donors (Lipinski definition) is 2. The lowest BCUT2D eigenvalue weighted by molar-refractivity contribution is -0.118. The lowest BCUT2D eigenvalue weighted by atomic mass is 10.2. The summed E-state index contributed by atoms with van der Waals surface area (Å²) < 4.78 is 24.5. The molecule has 2 N–H and O–H groups in total. The molecule has 20 heavy (non-hydrogen) atoms. The number of halogens is 1. The summed E-state index contributed by atoms with van der Waals surface area (Å²) in [5.41, 5.74) is -0.152. The highest BCUT2D eigenvalue weighted by molar-refractivity contribution is 9.10. The number of nitrogens with one attached hydrogen (secondary N) is 1. The summed E-state index contributed by atoms with van der Waals surface area (Å²) in [6.07, 6.45) is 0.698.